The van der Waals surface area contributed by atoms with Gasteiger partial charge in [0.1, 0.15) is 0 Å². The molecule has 0 spiro atoms. The van der Waals surface area contributed by atoms with Crippen LogP contribution in [0.3, 0.4) is 0 Å². The van der Waals surface area contributed by atoms with Gasteiger partial charge >= 0.3 is 0 Å². The summed E-state index contributed by atoms with van der Waals surface area (Å²) in [4.78, 5) is 0.716. The van der Waals surface area contributed by atoms with Gasteiger partial charge in [-0.25, -0.2) is 0 Å². The van der Waals surface area contributed by atoms with E-state index in [-0.39, 0.29) is 7.43 Å². The van der Waals surface area contributed by atoms with Crippen molar-refractivity contribution in [3.63, 3.8) is 0 Å². The summed E-state index contributed by atoms with van der Waals surface area (Å²) in [6, 6.07) is 2.36. The monoisotopic (exact) mass is 356 g/mol. The van der Waals surface area contributed by atoms with Gasteiger partial charge in [-0.15, -0.1) is 0 Å². The van der Waals surface area contributed by atoms with Crippen molar-refractivity contribution in [1.29, 1.82) is 5.26 Å². The van der Waals surface area contributed by atoms with Crippen LogP contribution in [0, 0.1) is 23.2 Å². The molecular weight excluding hydrogens is 312 g/mol. The molecule has 3 heteroatoms. The fourth-order valence-corrected chi connectivity index (χ4v) is 2.92. The van der Waals surface area contributed by atoms with E-state index in [1.807, 2.05) is 0 Å². The van der Waals surface area contributed by atoms with Gasteiger partial charge in [0.15, 0.2) is 0 Å². The Morgan fingerprint density at radius 2 is 1.33 bits per heavy atom. The number of hydrogen-bond acceptors (Lipinski definition) is 2. The van der Waals surface area contributed by atoms with Crippen molar-refractivity contribution in [1.82, 2.24) is 0 Å². The third-order valence-corrected chi connectivity index (χ3v) is 4.50. The molecule has 0 saturated heterocycles. The van der Waals surface area contributed by atoms with Crippen LogP contribution in [0.4, 0.5) is 0 Å². The second kappa shape index (κ2) is 22.4. The lowest BCUT2D eigenvalue weighted by atomic mass is 9.97. The quantitative estimate of drug-likeness (QED) is 0.276. The summed E-state index contributed by atoms with van der Waals surface area (Å²) in [6.45, 7) is 8.74. The number of nitriles is 1. The Labute approximate surface area is 158 Å². The molecule has 0 amide bonds. The van der Waals surface area contributed by atoms with E-state index < -0.39 is 0 Å². The summed E-state index contributed by atoms with van der Waals surface area (Å²) in [5.41, 5.74) is 5.64. The van der Waals surface area contributed by atoms with Crippen LogP contribution in [0.2, 0.25) is 0 Å². The molecule has 0 aliphatic heterocycles. The normalized spacial score (nSPS) is 12.1. The minimum absolute atomic E-state index is 0. The lowest BCUT2D eigenvalue weighted by molar-refractivity contribution is 0.511. The van der Waals surface area contributed by atoms with Gasteiger partial charge < -0.3 is 5.73 Å². The highest BCUT2D eigenvalue weighted by Gasteiger charge is 2.09. The highest BCUT2D eigenvalue weighted by molar-refractivity contribution is 7.80. The topological polar surface area (TPSA) is 49.8 Å². The summed E-state index contributed by atoms with van der Waals surface area (Å²) in [5.74, 6) is 0.822. The van der Waals surface area contributed by atoms with E-state index >= 15 is 0 Å². The first-order valence-electron chi connectivity index (χ1n) is 9.76. The summed E-state index contributed by atoms with van der Waals surface area (Å²) >= 11 is 5.01. The number of nitrogens with two attached hydrogens (primary N) is 1. The van der Waals surface area contributed by atoms with E-state index in [2.05, 4.69) is 33.8 Å². The molecule has 0 radical (unpaired) electrons. The maximum atomic E-state index is 8.71. The number of rotatable bonds is 13. The predicted octanol–water partition coefficient (Wildman–Crippen LogP) is 7.41. The Morgan fingerprint density at radius 3 is 1.71 bits per heavy atom. The molecule has 0 heterocycles. The smallest absolute Gasteiger partial charge is 0.0758 e. The minimum atomic E-state index is 0. The highest BCUT2D eigenvalue weighted by atomic mass is 32.1. The Morgan fingerprint density at radius 1 is 0.833 bits per heavy atom. The molecule has 0 aliphatic rings. The van der Waals surface area contributed by atoms with E-state index in [0.29, 0.717) is 16.8 Å². The van der Waals surface area contributed by atoms with E-state index in [0.717, 1.165) is 19.3 Å². The van der Waals surface area contributed by atoms with Crippen molar-refractivity contribution in [2.24, 2.45) is 17.6 Å². The molecular formula is C21H44N2S. The maximum absolute atomic E-state index is 8.71. The molecule has 0 aromatic rings. The highest BCUT2D eigenvalue weighted by Crippen LogP contribution is 2.16. The molecule has 0 saturated carbocycles. The number of unbranched alkanes of at least 4 members (excludes halogenated alkanes) is 4. The number of nitrogens with zero attached hydrogens (tertiary/aromatic N) is 1. The van der Waals surface area contributed by atoms with Gasteiger partial charge in [-0.05, 0) is 25.7 Å². The van der Waals surface area contributed by atoms with Gasteiger partial charge in [0.05, 0.1) is 11.1 Å². The average molecular weight is 357 g/mol. The van der Waals surface area contributed by atoms with Crippen molar-refractivity contribution in [3.8, 4) is 6.07 Å². The number of hydrogen-bond donors (Lipinski definition) is 1. The Hall–Kier alpha value is -0.620. The van der Waals surface area contributed by atoms with Crippen LogP contribution < -0.4 is 5.73 Å². The van der Waals surface area contributed by atoms with E-state index in [4.69, 9.17) is 23.2 Å². The zero-order chi connectivity index (χ0) is 17.9. The lowest BCUT2D eigenvalue weighted by Gasteiger charge is -2.13. The predicted molar refractivity (Wildman–Crippen MR) is 114 cm³/mol. The van der Waals surface area contributed by atoms with Crippen LogP contribution in [0.25, 0.3) is 0 Å². The maximum Gasteiger partial charge on any atom is 0.0758 e. The Balaban J connectivity index is -0.000000354. The van der Waals surface area contributed by atoms with Crippen molar-refractivity contribution in [2.75, 3.05) is 0 Å². The molecule has 0 rings (SSSR count). The first kappa shape index (κ1) is 28.2. The van der Waals surface area contributed by atoms with Crippen LogP contribution in [0.15, 0.2) is 0 Å². The standard InChI is InChI=1S/C10H21NS.C10H19N.CH4/c1-3-5-6-8-9(7-4-2)10(11)12;1-3-5-6-8-10(9-11)7-4-2;/h9H,3-8H2,1-2H3,(H2,11,12);10H,3-8H2,1-2H3;1H4. The molecule has 24 heavy (non-hydrogen) atoms. The molecule has 0 bridgehead atoms. The molecule has 2 nitrogen and oxygen atoms in total. The summed E-state index contributed by atoms with van der Waals surface area (Å²) < 4.78 is 0. The van der Waals surface area contributed by atoms with Gasteiger partial charge in [-0.3, -0.25) is 0 Å². The molecule has 0 aromatic heterocycles. The van der Waals surface area contributed by atoms with Crippen LogP contribution in [-0.4, -0.2) is 4.99 Å². The third-order valence-electron chi connectivity index (χ3n) is 4.17. The average Bonchev–Trinajstić information content (AvgIpc) is 2.54. The van der Waals surface area contributed by atoms with E-state index in [1.54, 1.807) is 0 Å². The SMILES string of the molecule is C.CCCCCC(C#N)CCC.CCCCCC(CCC)C(N)=S. The van der Waals surface area contributed by atoms with Crippen molar-refractivity contribution in [2.45, 2.75) is 112 Å². The number of thiocarbonyl (C=S) groups is 1. The van der Waals surface area contributed by atoms with Crippen molar-refractivity contribution < 1.29 is 0 Å². The summed E-state index contributed by atoms with van der Waals surface area (Å²) in [6.07, 6.45) is 14.5. The molecule has 2 atom stereocenters. The fourth-order valence-electron chi connectivity index (χ4n) is 2.68. The second-order valence-electron chi connectivity index (χ2n) is 6.49. The van der Waals surface area contributed by atoms with Crippen LogP contribution in [-0.2, 0) is 0 Å². The van der Waals surface area contributed by atoms with Crippen LogP contribution in [0.1, 0.15) is 112 Å². The Bertz CT molecular complexity index is 297. The third kappa shape index (κ3) is 19.4. The molecule has 144 valence electrons. The van der Waals surface area contributed by atoms with Gasteiger partial charge in [0.2, 0.25) is 0 Å². The van der Waals surface area contributed by atoms with Crippen molar-refractivity contribution in [3.05, 3.63) is 0 Å². The minimum Gasteiger partial charge on any atom is -0.393 e. The zero-order valence-corrected chi connectivity index (χ0v) is 16.9. The molecule has 0 fully saturated rings. The Kier molecular flexibility index (Phi) is 26.3. The first-order valence-corrected chi connectivity index (χ1v) is 10.2. The molecule has 0 aliphatic carbocycles. The van der Waals surface area contributed by atoms with Crippen LogP contribution in [0.5, 0.6) is 0 Å². The molecule has 2 N–H and O–H groups in total. The lowest BCUT2D eigenvalue weighted by Crippen LogP contribution is -2.20. The van der Waals surface area contributed by atoms with E-state index in [1.165, 1.54) is 57.8 Å². The van der Waals surface area contributed by atoms with Gasteiger partial charge in [0, 0.05) is 11.8 Å². The zero-order valence-electron chi connectivity index (χ0n) is 16.1. The van der Waals surface area contributed by atoms with Gasteiger partial charge in [0.25, 0.3) is 0 Å². The second-order valence-corrected chi connectivity index (χ2v) is 6.97. The summed E-state index contributed by atoms with van der Waals surface area (Å²) in [7, 11) is 0. The van der Waals surface area contributed by atoms with Crippen molar-refractivity contribution >= 4 is 17.2 Å². The largest absolute Gasteiger partial charge is 0.393 e. The molecule has 2 unspecified atom stereocenters. The van der Waals surface area contributed by atoms with E-state index in [9.17, 15) is 0 Å². The van der Waals surface area contributed by atoms with Gasteiger partial charge in [-0.2, -0.15) is 5.26 Å². The van der Waals surface area contributed by atoms with Crippen LogP contribution >= 0.6 is 12.2 Å². The fraction of sp³-hybridized carbons (Fsp3) is 0.905. The molecule has 0 aromatic carbocycles. The summed E-state index contributed by atoms with van der Waals surface area (Å²) in [5, 5.41) is 8.71. The first-order chi connectivity index (χ1) is 11.1. The van der Waals surface area contributed by atoms with Gasteiger partial charge in [-0.1, -0.05) is 98.7 Å².